The monoisotopic (exact) mass is 339 g/mol. The summed E-state index contributed by atoms with van der Waals surface area (Å²) in [6.07, 6.45) is 4.54. The van der Waals surface area contributed by atoms with E-state index in [0.29, 0.717) is 16.5 Å². The van der Waals surface area contributed by atoms with E-state index in [1.54, 1.807) is 18.2 Å². The minimum atomic E-state index is -1.11. The Hall–Kier alpha value is -1.75. The molecule has 1 amide bonds. The number of carboxylic acid groups (broad SMARTS) is 1. The highest BCUT2D eigenvalue weighted by molar-refractivity contribution is 6.32. The highest BCUT2D eigenvalue weighted by Gasteiger charge is 2.30. The summed E-state index contributed by atoms with van der Waals surface area (Å²) in [5.41, 5.74) is -0.584. The Kier molecular flexibility index (Phi) is 5.52. The van der Waals surface area contributed by atoms with Crippen molar-refractivity contribution in [3.63, 3.8) is 0 Å². The lowest BCUT2D eigenvalue weighted by atomic mass is 9.89. The molecule has 0 saturated heterocycles. The third-order valence-corrected chi connectivity index (χ3v) is 4.29. The zero-order chi connectivity index (χ0) is 17.0. The summed E-state index contributed by atoms with van der Waals surface area (Å²) >= 11 is 6.20. The van der Waals surface area contributed by atoms with E-state index in [0.717, 1.165) is 12.8 Å². The summed E-state index contributed by atoms with van der Waals surface area (Å²) in [6, 6.07) is 5.07. The van der Waals surface area contributed by atoms with Crippen LogP contribution >= 0.6 is 11.6 Å². The van der Waals surface area contributed by atoms with Gasteiger partial charge in [-0.3, -0.25) is 9.59 Å². The second-order valence-electron chi connectivity index (χ2n) is 6.58. The minimum Gasteiger partial charge on any atom is -0.489 e. The number of hydrogen-bond donors (Lipinski definition) is 2. The van der Waals surface area contributed by atoms with Gasteiger partial charge in [-0.25, -0.2) is 0 Å². The molecule has 1 fully saturated rings. The van der Waals surface area contributed by atoms with Crippen molar-refractivity contribution in [2.75, 3.05) is 5.32 Å². The summed E-state index contributed by atoms with van der Waals surface area (Å²) in [5, 5.41) is 12.2. The molecular weight excluding hydrogens is 318 g/mol. The first-order chi connectivity index (χ1) is 10.8. The first kappa shape index (κ1) is 17.6. The SMILES string of the molecule is CC(C)(CC(=O)Nc1ccc(OC2CCCC2)c(Cl)c1)C(=O)O. The van der Waals surface area contributed by atoms with Gasteiger partial charge in [0.2, 0.25) is 5.91 Å². The van der Waals surface area contributed by atoms with Gasteiger partial charge in [0.1, 0.15) is 5.75 Å². The number of halogens is 1. The van der Waals surface area contributed by atoms with Crippen molar-refractivity contribution >= 4 is 29.2 Å². The van der Waals surface area contributed by atoms with Crippen molar-refractivity contribution in [3.8, 4) is 5.75 Å². The van der Waals surface area contributed by atoms with Crippen LogP contribution in [0.1, 0.15) is 46.0 Å². The number of ether oxygens (including phenoxy) is 1. The van der Waals surface area contributed by atoms with Crippen LogP contribution in [0.25, 0.3) is 0 Å². The summed E-state index contributed by atoms with van der Waals surface area (Å²) in [6.45, 7) is 3.03. The Balaban J connectivity index is 1.97. The number of carbonyl (C=O) groups excluding carboxylic acids is 1. The molecular formula is C17H22ClNO4. The van der Waals surface area contributed by atoms with Gasteiger partial charge in [0, 0.05) is 12.1 Å². The van der Waals surface area contributed by atoms with Crippen LogP contribution < -0.4 is 10.1 Å². The molecule has 6 heteroatoms. The zero-order valence-corrected chi connectivity index (χ0v) is 14.2. The molecule has 0 atom stereocenters. The Morgan fingerprint density at radius 1 is 1.35 bits per heavy atom. The molecule has 0 radical (unpaired) electrons. The number of aliphatic carboxylic acids is 1. The number of nitrogens with one attached hydrogen (secondary N) is 1. The van der Waals surface area contributed by atoms with E-state index in [2.05, 4.69) is 5.32 Å². The molecule has 1 aliphatic rings. The fourth-order valence-electron chi connectivity index (χ4n) is 2.54. The highest BCUT2D eigenvalue weighted by atomic mass is 35.5. The molecule has 0 aromatic heterocycles. The number of anilines is 1. The van der Waals surface area contributed by atoms with Crippen LogP contribution in [0.5, 0.6) is 5.75 Å². The normalized spacial score (nSPS) is 15.4. The molecule has 1 aromatic carbocycles. The van der Waals surface area contributed by atoms with Gasteiger partial charge in [-0.2, -0.15) is 0 Å². The van der Waals surface area contributed by atoms with Crippen molar-refractivity contribution < 1.29 is 19.4 Å². The van der Waals surface area contributed by atoms with Crippen LogP contribution in [-0.2, 0) is 9.59 Å². The van der Waals surface area contributed by atoms with E-state index in [4.69, 9.17) is 21.4 Å². The molecule has 0 bridgehead atoms. The van der Waals surface area contributed by atoms with Gasteiger partial charge in [0.05, 0.1) is 16.5 Å². The first-order valence-corrected chi connectivity index (χ1v) is 8.15. The molecule has 0 spiro atoms. The zero-order valence-electron chi connectivity index (χ0n) is 13.4. The van der Waals surface area contributed by atoms with Gasteiger partial charge >= 0.3 is 5.97 Å². The predicted octanol–water partition coefficient (Wildman–Crippen LogP) is 4.10. The molecule has 0 heterocycles. The second-order valence-corrected chi connectivity index (χ2v) is 6.99. The third-order valence-electron chi connectivity index (χ3n) is 3.99. The maximum Gasteiger partial charge on any atom is 0.309 e. The fourth-order valence-corrected chi connectivity index (χ4v) is 2.77. The minimum absolute atomic E-state index is 0.111. The predicted molar refractivity (Wildman–Crippen MR) is 89.0 cm³/mol. The lowest BCUT2D eigenvalue weighted by Crippen LogP contribution is -2.29. The smallest absolute Gasteiger partial charge is 0.309 e. The van der Waals surface area contributed by atoms with Crippen LogP contribution in [0.3, 0.4) is 0 Å². The summed E-state index contributed by atoms with van der Waals surface area (Å²) in [5.74, 6) is -0.758. The van der Waals surface area contributed by atoms with Crippen molar-refractivity contribution in [1.29, 1.82) is 0 Å². The van der Waals surface area contributed by atoms with Gasteiger partial charge in [-0.1, -0.05) is 11.6 Å². The standard InChI is InChI=1S/C17H22ClNO4/c1-17(2,16(21)22)10-15(20)19-11-7-8-14(13(18)9-11)23-12-5-3-4-6-12/h7-9,12H,3-6,10H2,1-2H3,(H,19,20)(H,21,22). The molecule has 126 valence electrons. The van der Waals surface area contributed by atoms with Crippen LogP contribution in [0.15, 0.2) is 18.2 Å². The van der Waals surface area contributed by atoms with Crippen molar-refractivity contribution in [2.24, 2.45) is 5.41 Å². The van der Waals surface area contributed by atoms with Crippen molar-refractivity contribution in [2.45, 2.75) is 52.1 Å². The molecule has 2 rings (SSSR count). The van der Waals surface area contributed by atoms with E-state index < -0.39 is 11.4 Å². The van der Waals surface area contributed by atoms with Gasteiger partial charge in [-0.15, -0.1) is 0 Å². The lowest BCUT2D eigenvalue weighted by molar-refractivity contribution is -0.148. The van der Waals surface area contributed by atoms with Gasteiger partial charge in [0.15, 0.2) is 0 Å². The van der Waals surface area contributed by atoms with Crippen LogP contribution in [0.2, 0.25) is 5.02 Å². The highest BCUT2D eigenvalue weighted by Crippen LogP contribution is 2.32. The second kappa shape index (κ2) is 7.21. The molecule has 1 saturated carbocycles. The summed E-state index contributed by atoms with van der Waals surface area (Å²) in [7, 11) is 0. The average molecular weight is 340 g/mol. The van der Waals surface area contributed by atoms with E-state index in [1.165, 1.54) is 26.7 Å². The summed E-state index contributed by atoms with van der Waals surface area (Å²) < 4.78 is 5.86. The maximum absolute atomic E-state index is 12.0. The molecule has 1 aromatic rings. The molecule has 0 aliphatic heterocycles. The number of carboxylic acids is 1. The largest absolute Gasteiger partial charge is 0.489 e. The molecule has 23 heavy (non-hydrogen) atoms. The van der Waals surface area contributed by atoms with Gasteiger partial charge in [0.25, 0.3) is 0 Å². The van der Waals surface area contributed by atoms with Crippen LogP contribution in [0, 0.1) is 5.41 Å². The van der Waals surface area contributed by atoms with Crippen molar-refractivity contribution in [1.82, 2.24) is 0 Å². The molecule has 1 aliphatic carbocycles. The molecule has 2 N–H and O–H groups in total. The maximum atomic E-state index is 12.0. The number of carbonyl (C=O) groups is 2. The summed E-state index contributed by atoms with van der Waals surface area (Å²) in [4.78, 5) is 23.0. The Morgan fingerprint density at radius 2 is 2.00 bits per heavy atom. The third kappa shape index (κ3) is 4.86. The van der Waals surface area contributed by atoms with Gasteiger partial charge < -0.3 is 15.2 Å². The van der Waals surface area contributed by atoms with E-state index in [1.807, 2.05) is 0 Å². The van der Waals surface area contributed by atoms with Gasteiger partial charge in [-0.05, 0) is 57.7 Å². The van der Waals surface area contributed by atoms with Crippen LogP contribution in [0.4, 0.5) is 5.69 Å². The molecule has 0 unspecified atom stereocenters. The lowest BCUT2D eigenvalue weighted by Gasteiger charge is -2.18. The topological polar surface area (TPSA) is 75.6 Å². The van der Waals surface area contributed by atoms with E-state index in [9.17, 15) is 9.59 Å². The van der Waals surface area contributed by atoms with E-state index in [-0.39, 0.29) is 18.4 Å². The first-order valence-electron chi connectivity index (χ1n) is 7.77. The number of hydrogen-bond acceptors (Lipinski definition) is 3. The number of rotatable bonds is 6. The Bertz CT molecular complexity index is 594. The number of amides is 1. The van der Waals surface area contributed by atoms with Crippen LogP contribution in [-0.4, -0.2) is 23.1 Å². The Labute approximate surface area is 141 Å². The number of benzene rings is 1. The van der Waals surface area contributed by atoms with Crippen molar-refractivity contribution in [3.05, 3.63) is 23.2 Å². The molecule has 5 nitrogen and oxygen atoms in total. The average Bonchev–Trinajstić information content (AvgIpc) is 2.94. The fraction of sp³-hybridized carbons (Fsp3) is 0.529. The van der Waals surface area contributed by atoms with E-state index >= 15 is 0 Å². The quantitative estimate of drug-likeness (QED) is 0.818. The Morgan fingerprint density at radius 3 is 2.57 bits per heavy atom.